The van der Waals surface area contributed by atoms with Crippen molar-refractivity contribution in [2.45, 2.75) is 25.3 Å². The molecule has 3 rings (SSSR count). The Hall–Kier alpha value is -2.82. The minimum Gasteiger partial charge on any atom is -0.493 e. The Bertz CT molecular complexity index is 723. The highest BCUT2D eigenvalue weighted by Crippen LogP contribution is 2.29. The molecule has 1 fully saturated rings. The van der Waals surface area contributed by atoms with Gasteiger partial charge in [-0.05, 0) is 48.6 Å². The van der Waals surface area contributed by atoms with Crippen molar-refractivity contribution in [1.82, 2.24) is 5.32 Å². The van der Waals surface area contributed by atoms with Crippen LogP contribution in [0, 0.1) is 5.92 Å². The van der Waals surface area contributed by atoms with E-state index in [-0.39, 0.29) is 6.42 Å². The van der Waals surface area contributed by atoms with E-state index in [4.69, 9.17) is 4.74 Å². The van der Waals surface area contributed by atoms with E-state index in [0.717, 1.165) is 11.3 Å². The number of carbonyl (C=O) groups excluding carboxylic acids is 1. The van der Waals surface area contributed by atoms with E-state index in [1.807, 2.05) is 30.3 Å². The summed E-state index contributed by atoms with van der Waals surface area (Å²) in [6, 6.07) is 15.0. The minimum atomic E-state index is -1.05. The molecular weight excluding hydrogens is 318 g/mol. The molecule has 0 radical (unpaired) electrons. The fourth-order valence-corrected chi connectivity index (χ4v) is 2.49. The SMILES string of the molecule is O=C(N[C@H](Cc1ccccc1)C(=O)O)c1ccc(OCC2CC2)cc1. The Morgan fingerprint density at radius 3 is 2.36 bits per heavy atom. The lowest BCUT2D eigenvalue weighted by molar-refractivity contribution is -0.139. The van der Waals surface area contributed by atoms with Crippen LogP contribution in [0.4, 0.5) is 0 Å². The van der Waals surface area contributed by atoms with Crippen molar-refractivity contribution in [3.05, 3.63) is 65.7 Å². The molecule has 0 saturated heterocycles. The maximum absolute atomic E-state index is 12.3. The molecule has 25 heavy (non-hydrogen) atoms. The van der Waals surface area contributed by atoms with Crippen molar-refractivity contribution in [3.63, 3.8) is 0 Å². The topological polar surface area (TPSA) is 75.6 Å². The number of rotatable bonds is 8. The average molecular weight is 339 g/mol. The fourth-order valence-electron chi connectivity index (χ4n) is 2.49. The molecule has 1 atom stereocenters. The van der Waals surface area contributed by atoms with Crippen molar-refractivity contribution in [2.24, 2.45) is 5.92 Å². The number of hydrogen-bond donors (Lipinski definition) is 2. The highest BCUT2D eigenvalue weighted by molar-refractivity contribution is 5.96. The van der Waals surface area contributed by atoms with E-state index < -0.39 is 17.9 Å². The molecule has 0 aliphatic heterocycles. The van der Waals surface area contributed by atoms with E-state index in [0.29, 0.717) is 18.1 Å². The summed E-state index contributed by atoms with van der Waals surface area (Å²) in [5.74, 6) is -0.0709. The predicted octanol–water partition coefficient (Wildman–Crippen LogP) is 2.90. The van der Waals surface area contributed by atoms with Gasteiger partial charge in [0, 0.05) is 12.0 Å². The Balaban J connectivity index is 1.59. The first kappa shape index (κ1) is 17.0. The monoisotopic (exact) mass is 339 g/mol. The molecule has 2 aromatic rings. The van der Waals surface area contributed by atoms with Crippen LogP contribution in [0.5, 0.6) is 5.75 Å². The molecule has 1 aliphatic carbocycles. The van der Waals surface area contributed by atoms with Crippen LogP contribution in [0.3, 0.4) is 0 Å². The number of carbonyl (C=O) groups is 2. The van der Waals surface area contributed by atoms with E-state index in [2.05, 4.69) is 5.32 Å². The number of nitrogens with one attached hydrogen (secondary N) is 1. The van der Waals surface area contributed by atoms with E-state index in [1.54, 1.807) is 24.3 Å². The maximum Gasteiger partial charge on any atom is 0.326 e. The number of carboxylic acid groups (broad SMARTS) is 1. The summed E-state index contributed by atoms with van der Waals surface area (Å²) in [7, 11) is 0. The highest BCUT2D eigenvalue weighted by Gasteiger charge is 2.22. The molecule has 2 aromatic carbocycles. The predicted molar refractivity (Wildman–Crippen MR) is 93.7 cm³/mol. The number of hydrogen-bond acceptors (Lipinski definition) is 3. The first-order valence-corrected chi connectivity index (χ1v) is 8.42. The van der Waals surface area contributed by atoms with Crippen LogP contribution in [0.1, 0.15) is 28.8 Å². The zero-order valence-electron chi connectivity index (χ0n) is 13.9. The summed E-state index contributed by atoms with van der Waals surface area (Å²) in [6.45, 7) is 0.712. The van der Waals surface area contributed by atoms with Crippen molar-refractivity contribution in [2.75, 3.05) is 6.61 Å². The number of amides is 1. The molecule has 1 saturated carbocycles. The zero-order valence-corrected chi connectivity index (χ0v) is 13.9. The van der Waals surface area contributed by atoms with Gasteiger partial charge in [-0.2, -0.15) is 0 Å². The van der Waals surface area contributed by atoms with Crippen LogP contribution in [0.15, 0.2) is 54.6 Å². The molecule has 0 aromatic heterocycles. The van der Waals surface area contributed by atoms with Crippen LogP contribution >= 0.6 is 0 Å². The first-order valence-electron chi connectivity index (χ1n) is 8.42. The lowest BCUT2D eigenvalue weighted by Crippen LogP contribution is -2.42. The quantitative estimate of drug-likeness (QED) is 0.775. The minimum absolute atomic E-state index is 0.241. The molecular formula is C20H21NO4. The summed E-state index contributed by atoms with van der Waals surface area (Å²) in [6.07, 6.45) is 2.68. The van der Waals surface area contributed by atoms with E-state index >= 15 is 0 Å². The summed E-state index contributed by atoms with van der Waals surface area (Å²) in [4.78, 5) is 23.8. The molecule has 0 heterocycles. The molecule has 0 bridgehead atoms. The van der Waals surface area contributed by atoms with E-state index in [9.17, 15) is 14.7 Å². The number of ether oxygens (including phenoxy) is 1. The van der Waals surface area contributed by atoms with E-state index in [1.165, 1.54) is 12.8 Å². The normalized spacial score (nSPS) is 14.6. The third kappa shape index (κ3) is 5.08. The van der Waals surface area contributed by atoms with Crippen LogP contribution in [0.2, 0.25) is 0 Å². The Morgan fingerprint density at radius 1 is 1.08 bits per heavy atom. The smallest absolute Gasteiger partial charge is 0.326 e. The van der Waals surface area contributed by atoms with Gasteiger partial charge in [0.05, 0.1) is 6.61 Å². The van der Waals surface area contributed by atoms with Gasteiger partial charge in [-0.25, -0.2) is 4.79 Å². The van der Waals surface area contributed by atoms with Crippen LogP contribution in [0.25, 0.3) is 0 Å². The molecule has 5 nitrogen and oxygen atoms in total. The standard InChI is InChI=1S/C20H21NO4/c22-19(16-8-10-17(11-9-16)25-13-15-6-7-15)21-18(20(23)24)12-14-4-2-1-3-5-14/h1-5,8-11,15,18H,6-7,12-13H2,(H,21,22)(H,23,24)/t18-/m1/s1. The zero-order chi connectivity index (χ0) is 17.6. The number of carboxylic acids is 1. The van der Waals surface area contributed by atoms with Gasteiger partial charge in [-0.3, -0.25) is 4.79 Å². The van der Waals surface area contributed by atoms with Crippen molar-refractivity contribution in [3.8, 4) is 5.75 Å². The van der Waals surface area contributed by atoms with Gasteiger partial charge < -0.3 is 15.2 Å². The van der Waals surface area contributed by atoms with Crippen molar-refractivity contribution >= 4 is 11.9 Å². The molecule has 1 aliphatic rings. The maximum atomic E-state index is 12.3. The average Bonchev–Trinajstić information content (AvgIpc) is 3.45. The third-order valence-corrected chi connectivity index (χ3v) is 4.19. The van der Waals surface area contributed by atoms with Gasteiger partial charge in [-0.1, -0.05) is 30.3 Å². The number of benzene rings is 2. The molecule has 0 unspecified atom stereocenters. The van der Waals surface area contributed by atoms with Gasteiger partial charge in [0.2, 0.25) is 0 Å². The van der Waals surface area contributed by atoms with Gasteiger partial charge >= 0.3 is 5.97 Å². The van der Waals surface area contributed by atoms with Crippen molar-refractivity contribution < 1.29 is 19.4 Å². The summed E-state index contributed by atoms with van der Waals surface area (Å²) < 4.78 is 5.64. The van der Waals surface area contributed by atoms with Gasteiger partial charge in [-0.15, -0.1) is 0 Å². The Labute approximate surface area is 146 Å². The van der Waals surface area contributed by atoms with Crippen LogP contribution in [-0.2, 0) is 11.2 Å². The van der Waals surface area contributed by atoms with Crippen molar-refractivity contribution in [1.29, 1.82) is 0 Å². The summed E-state index contributed by atoms with van der Waals surface area (Å²) in [5.41, 5.74) is 1.28. The molecule has 1 amide bonds. The molecule has 130 valence electrons. The highest BCUT2D eigenvalue weighted by atomic mass is 16.5. The summed E-state index contributed by atoms with van der Waals surface area (Å²) >= 11 is 0. The van der Waals surface area contributed by atoms with Crippen LogP contribution < -0.4 is 10.1 Å². The molecule has 2 N–H and O–H groups in total. The lowest BCUT2D eigenvalue weighted by Gasteiger charge is -2.15. The largest absolute Gasteiger partial charge is 0.493 e. The van der Waals surface area contributed by atoms with Crippen LogP contribution in [-0.4, -0.2) is 29.6 Å². The van der Waals surface area contributed by atoms with Gasteiger partial charge in [0.15, 0.2) is 0 Å². The van der Waals surface area contributed by atoms with Gasteiger partial charge in [0.25, 0.3) is 5.91 Å². The molecule has 0 spiro atoms. The van der Waals surface area contributed by atoms with Gasteiger partial charge in [0.1, 0.15) is 11.8 Å². The summed E-state index contributed by atoms with van der Waals surface area (Å²) in [5, 5.41) is 11.9. The Morgan fingerprint density at radius 2 is 1.76 bits per heavy atom. The second-order valence-corrected chi connectivity index (χ2v) is 6.33. The Kier molecular flexibility index (Phi) is 5.33. The second-order valence-electron chi connectivity index (χ2n) is 6.33. The second kappa shape index (κ2) is 7.83. The lowest BCUT2D eigenvalue weighted by atomic mass is 10.1. The third-order valence-electron chi connectivity index (χ3n) is 4.19. The number of aliphatic carboxylic acids is 1. The fraction of sp³-hybridized carbons (Fsp3) is 0.300. The first-order chi connectivity index (χ1) is 12.1. The molecule has 5 heteroatoms.